The van der Waals surface area contributed by atoms with Crippen molar-refractivity contribution in [1.29, 1.82) is 0 Å². The molecule has 3 rings (SSSR count). The van der Waals surface area contributed by atoms with E-state index in [-0.39, 0.29) is 16.3 Å². The van der Waals surface area contributed by atoms with E-state index >= 15 is 0 Å². The fraction of sp³-hybridized carbons (Fsp3) is 0.474. The molecule has 1 aliphatic heterocycles. The molecule has 1 atom stereocenters. The van der Waals surface area contributed by atoms with Gasteiger partial charge in [0, 0.05) is 31.5 Å². The molecule has 0 aliphatic carbocycles. The number of rotatable bonds is 3. The largest absolute Gasteiger partial charge is 0.504 e. The fourth-order valence-corrected chi connectivity index (χ4v) is 3.49. The van der Waals surface area contributed by atoms with Gasteiger partial charge in [0.2, 0.25) is 0 Å². The molecule has 1 N–H and O–H groups in total. The molecule has 28 heavy (non-hydrogen) atoms. The molecule has 5 nitrogen and oxygen atoms in total. The molecular weight excluding hydrogens is 393 g/mol. The van der Waals surface area contributed by atoms with Crippen molar-refractivity contribution in [3.8, 4) is 11.8 Å². The Bertz CT molecular complexity index is 877. The lowest BCUT2D eigenvalue weighted by atomic mass is 9.91. The van der Waals surface area contributed by atoms with Gasteiger partial charge in [0.15, 0.2) is 0 Å². The highest BCUT2D eigenvalue weighted by atomic mass is 35.5. The molecule has 1 saturated heterocycles. The van der Waals surface area contributed by atoms with E-state index in [1.165, 1.54) is 6.20 Å². The van der Waals surface area contributed by atoms with Crippen molar-refractivity contribution in [2.24, 2.45) is 5.92 Å². The molecule has 1 fully saturated rings. The van der Waals surface area contributed by atoms with Crippen molar-refractivity contribution in [3.05, 3.63) is 40.9 Å². The number of alkyl halides is 3. The van der Waals surface area contributed by atoms with E-state index < -0.39 is 6.30 Å². The topological polar surface area (TPSA) is 54.2 Å². The number of aromatic nitrogens is 3. The van der Waals surface area contributed by atoms with Crippen LogP contribution in [0, 0.1) is 17.8 Å². The molecule has 1 unspecified atom stereocenters. The van der Waals surface area contributed by atoms with Crippen LogP contribution in [-0.2, 0) is 6.30 Å². The molecular formula is C19H20ClF3N4O. The van der Waals surface area contributed by atoms with Gasteiger partial charge in [-0.15, -0.1) is 13.2 Å². The zero-order chi connectivity index (χ0) is 20.3. The fourth-order valence-electron chi connectivity index (χ4n) is 3.34. The summed E-state index contributed by atoms with van der Waals surface area (Å²) < 4.78 is 37.8. The highest BCUT2D eigenvalue weighted by molar-refractivity contribution is 6.29. The lowest BCUT2D eigenvalue weighted by molar-refractivity contribution is -0.212. The molecule has 1 aliphatic rings. The Morgan fingerprint density at radius 3 is 2.61 bits per heavy atom. The summed E-state index contributed by atoms with van der Waals surface area (Å²) >= 11 is 6.05. The van der Waals surface area contributed by atoms with Crippen LogP contribution in [0.15, 0.2) is 24.7 Å². The summed E-state index contributed by atoms with van der Waals surface area (Å²) in [6, 6.07) is 1.72. The number of aliphatic hydroxyl groups excluding tert-OH is 1. The van der Waals surface area contributed by atoms with Gasteiger partial charge in [-0.1, -0.05) is 23.4 Å². The summed E-state index contributed by atoms with van der Waals surface area (Å²) in [7, 11) is 0. The molecule has 0 spiro atoms. The van der Waals surface area contributed by atoms with Gasteiger partial charge >= 0.3 is 6.30 Å². The lowest BCUT2D eigenvalue weighted by Gasteiger charge is -2.34. The predicted octanol–water partition coefficient (Wildman–Crippen LogP) is 3.79. The zero-order valence-corrected chi connectivity index (χ0v) is 16.0. The third-order valence-corrected chi connectivity index (χ3v) is 4.87. The first-order chi connectivity index (χ1) is 13.2. The number of nitrogens with zero attached hydrogens (tertiary/aromatic N) is 4. The van der Waals surface area contributed by atoms with Crippen LogP contribution in [0.1, 0.15) is 37.3 Å². The van der Waals surface area contributed by atoms with Crippen molar-refractivity contribution >= 4 is 17.3 Å². The zero-order valence-electron chi connectivity index (χ0n) is 15.2. The van der Waals surface area contributed by atoms with Gasteiger partial charge in [-0.2, -0.15) is 9.78 Å². The molecule has 0 amide bonds. The summed E-state index contributed by atoms with van der Waals surface area (Å²) in [5, 5.41) is 13.2. The molecule has 9 heteroatoms. The smallest absolute Gasteiger partial charge is 0.393 e. The van der Waals surface area contributed by atoms with Gasteiger partial charge < -0.3 is 10.0 Å². The van der Waals surface area contributed by atoms with Crippen LogP contribution in [0.5, 0.6) is 0 Å². The number of anilines is 1. The Kier molecular flexibility index (Phi) is 6.16. The normalized spacial score (nSPS) is 16.6. The van der Waals surface area contributed by atoms with E-state index in [1.807, 2.05) is 0 Å². The van der Waals surface area contributed by atoms with E-state index in [9.17, 15) is 18.3 Å². The first-order valence-electron chi connectivity index (χ1n) is 8.95. The number of aliphatic hydroxyl groups is 1. The lowest BCUT2D eigenvalue weighted by Crippen LogP contribution is -2.35. The average Bonchev–Trinajstić information content (AvgIpc) is 3.10. The first kappa shape index (κ1) is 20.5. The second-order valence-electron chi connectivity index (χ2n) is 6.93. The average molecular weight is 413 g/mol. The monoisotopic (exact) mass is 412 g/mol. The Balaban J connectivity index is 1.78. The number of piperidine rings is 1. The molecule has 0 bridgehead atoms. The molecule has 2 aromatic heterocycles. The highest BCUT2D eigenvalue weighted by Gasteiger charge is 2.31. The number of hydrogen-bond acceptors (Lipinski definition) is 4. The standard InChI is InChI=1S/C19H20ClF3N4O/c1-13(28)8-14-4-6-26(7-5-14)17-9-18(20)24-11-16(17)3-2-15-10-25-27(12-15)19(21,22)23/h9-14,28H,4-8H2,1H3. The quantitative estimate of drug-likeness (QED) is 0.615. The second kappa shape index (κ2) is 8.41. The van der Waals surface area contributed by atoms with Crippen LogP contribution in [0.2, 0.25) is 5.15 Å². The van der Waals surface area contributed by atoms with Crippen LogP contribution in [0.3, 0.4) is 0 Å². The Morgan fingerprint density at radius 2 is 2.00 bits per heavy atom. The van der Waals surface area contributed by atoms with E-state index in [0.717, 1.165) is 50.4 Å². The van der Waals surface area contributed by atoms with Gasteiger partial charge in [-0.25, -0.2) is 4.98 Å². The van der Waals surface area contributed by atoms with E-state index in [4.69, 9.17) is 11.6 Å². The molecule has 150 valence electrons. The maximum Gasteiger partial charge on any atom is 0.504 e. The maximum atomic E-state index is 12.6. The van der Waals surface area contributed by atoms with Crippen molar-refractivity contribution in [2.45, 2.75) is 38.6 Å². The van der Waals surface area contributed by atoms with Crippen LogP contribution >= 0.6 is 11.6 Å². The summed E-state index contributed by atoms with van der Waals surface area (Å²) in [5.41, 5.74) is 1.57. The third-order valence-electron chi connectivity index (χ3n) is 4.66. The van der Waals surface area contributed by atoms with Gasteiger partial charge in [0.05, 0.1) is 29.1 Å². The molecule has 0 saturated carbocycles. The summed E-state index contributed by atoms with van der Waals surface area (Å²) in [5.74, 6) is 6.07. The minimum Gasteiger partial charge on any atom is -0.393 e. The number of halogens is 4. The third kappa shape index (κ3) is 5.18. The van der Waals surface area contributed by atoms with Gasteiger partial charge in [0.25, 0.3) is 0 Å². The number of pyridine rings is 1. The molecule has 3 heterocycles. The van der Waals surface area contributed by atoms with Crippen molar-refractivity contribution in [3.63, 3.8) is 0 Å². The highest BCUT2D eigenvalue weighted by Crippen LogP contribution is 2.29. The minimum absolute atomic E-state index is 0.0784. The van der Waals surface area contributed by atoms with Crippen molar-refractivity contribution in [1.82, 2.24) is 14.8 Å². The van der Waals surface area contributed by atoms with Crippen LogP contribution in [0.25, 0.3) is 0 Å². The second-order valence-corrected chi connectivity index (χ2v) is 7.32. The summed E-state index contributed by atoms with van der Waals surface area (Å²) in [4.78, 5) is 6.20. The van der Waals surface area contributed by atoms with Gasteiger partial charge in [0.1, 0.15) is 5.15 Å². The van der Waals surface area contributed by atoms with E-state index in [2.05, 4.69) is 26.8 Å². The molecule has 2 aromatic rings. The summed E-state index contributed by atoms with van der Waals surface area (Å²) in [6.45, 7) is 3.38. The van der Waals surface area contributed by atoms with Crippen LogP contribution in [0.4, 0.5) is 18.9 Å². The van der Waals surface area contributed by atoms with Gasteiger partial charge in [-0.05, 0) is 32.1 Å². The minimum atomic E-state index is -4.57. The summed E-state index contributed by atoms with van der Waals surface area (Å²) in [6.07, 6.45) is 1.23. The maximum absolute atomic E-state index is 12.6. The van der Waals surface area contributed by atoms with Crippen molar-refractivity contribution < 1.29 is 18.3 Å². The molecule has 0 radical (unpaired) electrons. The number of hydrogen-bond donors (Lipinski definition) is 1. The Morgan fingerprint density at radius 1 is 1.29 bits per heavy atom. The van der Waals surface area contributed by atoms with Crippen LogP contribution in [-0.4, -0.2) is 39.1 Å². The Labute approximate surface area is 166 Å². The Hall–Kier alpha value is -2.24. The van der Waals surface area contributed by atoms with Crippen molar-refractivity contribution in [2.75, 3.05) is 18.0 Å². The van der Waals surface area contributed by atoms with Gasteiger partial charge in [-0.3, -0.25) is 0 Å². The SMILES string of the molecule is CC(O)CC1CCN(c2cc(Cl)ncc2C#Cc2cnn(C(F)(F)F)c2)CC1. The van der Waals surface area contributed by atoms with E-state index in [1.54, 1.807) is 13.0 Å². The first-order valence-corrected chi connectivity index (χ1v) is 9.32. The molecule has 0 aromatic carbocycles. The predicted molar refractivity (Wildman–Crippen MR) is 100.0 cm³/mol. The van der Waals surface area contributed by atoms with E-state index in [0.29, 0.717) is 16.6 Å². The van der Waals surface area contributed by atoms with Crippen LogP contribution < -0.4 is 4.90 Å².